The number of carbonyl (C=O) groups excluding carboxylic acids is 1. The third-order valence-electron chi connectivity index (χ3n) is 0.543. The molecule has 0 radical (unpaired) electrons. The molecule has 0 amide bonds. The molecule has 0 N–H and O–H groups in total. The van der Waals surface area contributed by atoms with Crippen LogP contribution in [0.4, 0.5) is 0 Å². The minimum absolute atomic E-state index is 0.259. The molecule has 1 nitrogen and oxygen atoms in total. The van der Waals surface area contributed by atoms with Crippen LogP contribution in [0.1, 0.15) is 0 Å². The van der Waals surface area contributed by atoms with Crippen LogP contribution in [0.2, 0.25) is 6.32 Å². The van der Waals surface area contributed by atoms with Gasteiger partial charge in [0.15, 0.2) is 0 Å². The van der Waals surface area contributed by atoms with Crippen LogP contribution in [0.3, 0.4) is 0 Å². The molecule has 0 aliphatic carbocycles. The van der Waals surface area contributed by atoms with Gasteiger partial charge in [0, 0.05) is 0 Å². The fourth-order valence-corrected chi connectivity index (χ4v) is 0.491. The van der Waals surface area contributed by atoms with Gasteiger partial charge in [-0.2, -0.15) is 0 Å². The van der Waals surface area contributed by atoms with Crippen LogP contribution >= 0.6 is 15.9 Å². The Labute approximate surface area is 46.6 Å². The van der Waals surface area contributed by atoms with Crippen LogP contribution < -0.4 is 0 Å². The van der Waals surface area contributed by atoms with E-state index in [4.69, 9.17) is 0 Å². The van der Waals surface area contributed by atoms with Crippen molar-refractivity contribution in [2.75, 3.05) is 5.33 Å². The number of carbonyl (C=O) groups is 1. The number of hydrogen-bond acceptors (Lipinski definition) is 1. The van der Waals surface area contributed by atoms with Crippen LogP contribution in [0.5, 0.6) is 0 Å². The highest BCUT2D eigenvalue weighted by molar-refractivity contribution is 9.09. The van der Waals surface area contributed by atoms with E-state index >= 15 is 0 Å². The van der Waals surface area contributed by atoms with Gasteiger partial charge in [0.2, 0.25) is 0 Å². The average Bonchev–Trinajstić information content (AvgIpc) is 1.65. The van der Waals surface area contributed by atoms with Crippen molar-refractivity contribution in [3.8, 4) is 0 Å². The standard InChI is InChI=1S/C3H6BBrO/c4-1-3(6)2-5/h1-2,4H2. The molecule has 0 aromatic heterocycles. The highest BCUT2D eigenvalue weighted by Crippen LogP contribution is 1.83. The number of Topliss-reactive ketones (excluding diaryl/α,β-unsaturated/α-hetero) is 1. The molecular formula is C3H6BBrO. The normalized spacial score (nSPS) is 8.17. The molecule has 34 valence electrons. The number of ketones is 1. The van der Waals surface area contributed by atoms with Crippen molar-refractivity contribution in [3.05, 3.63) is 0 Å². The predicted octanol–water partition coefficient (Wildman–Crippen LogP) is 0.00180. The Bertz CT molecular complexity index is 48.8. The molecule has 0 bridgehead atoms. The second-order valence-electron chi connectivity index (χ2n) is 1.03. The van der Waals surface area contributed by atoms with Crippen LogP contribution in [0, 0.1) is 0 Å². The topological polar surface area (TPSA) is 17.1 Å². The summed E-state index contributed by atoms with van der Waals surface area (Å²) < 4.78 is 0. The summed E-state index contributed by atoms with van der Waals surface area (Å²) in [4.78, 5) is 10.1. The van der Waals surface area contributed by atoms with E-state index in [2.05, 4.69) is 15.9 Å². The monoisotopic (exact) mass is 148 g/mol. The lowest BCUT2D eigenvalue weighted by molar-refractivity contribution is -0.114. The molecule has 0 aliphatic rings. The van der Waals surface area contributed by atoms with Crippen molar-refractivity contribution in [2.24, 2.45) is 0 Å². The fraction of sp³-hybridized carbons (Fsp3) is 0.667. The van der Waals surface area contributed by atoms with E-state index in [-0.39, 0.29) is 5.78 Å². The number of alkyl halides is 1. The molecular weight excluding hydrogens is 143 g/mol. The van der Waals surface area contributed by atoms with Crippen molar-refractivity contribution in [1.82, 2.24) is 0 Å². The Morgan fingerprint density at radius 3 is 2.33 bits per heavy atom. The van der Waals surface area contributed by atoms with E-state index < -0.39 is 0 Å². The molecule has 0 saturated heterocycles. The molecule has 6 heavy (non-hydrogen) atoms. The molecule has 0 atom stereocenters. The lowest BCUT2D eigenvalue weighted by Gasteiger charge is -1.79. The van der Waals surface area contributed by atoms with Crippen molar-refractivity contribution in [1.29, 1.82) is 0 Å². The first-order valence-electron chi connectivity index (χ1n) is 1.89. The van der Waals surface area contributed by atoms with E-state index in [0.717, 1.165) is 0 Å². The van der Waals surface area contributed by atoms with E-state index in [1.54, 1.807) is 0 Å². The fourth-order valence-electron chi connectivity index (χ4n) is 0.0945. The first-order chi connectivity index (χ1) is 2.81. The second-order valence-corrected chi connectivity index (χ2v) is 1.59. The Morgan fingerprint density at radius 2 is 2.33 bits per heavy atom. The van der Waals surface area contributed by atoms with Gasteiger partial charge < -0.3 is 0 Å². The summed E-state index contributed by atoms with van der Waals surface area (Å²) in [6.07, 6.45) is 0.644. The number of hydrogen-bond donors (Lipinski definition) is 0. The van der Waals surface area contributed by atoms with Crippen LogP contribution in [0.25, 0.3) is 0 Å². The van der Waals surface area contributed by atoms with Crippen LogP contribution in [-0.4, -0.2) is 19.0 Å². The number of halogens is 1. The molecule has 0 rings (SSSR count). The zero-order chi connectivity index (χ0) is 4.99. The van der Waals surface area contributed by atoms with Crippen LogP contribution in [-0.2, 0) is 4.79 Å². The van der Waals surface area contributed by atoms with E-state index in [1.165, 1.54) is 0 Å². The second kappa shape index (κ2) is 3.41. The third-order valence-corrected chi connectivity index (χ3v) is 1.17. The summed E-state index contributed by atoms with van der Waals surface area (Å²) in [6.45, 7) is 0. The highest BCUT2D eigenvalue weighted by Gasteiger charge is 1.88. The summed E-state index contributed by atoms with van der Waals surface area (Å²) in [6, 6.07) is 0. The van der Waals surface area contributed by atoms with Crippen molar-refractivity contribution >= 4 is 29.6 Å². The Hall–Kier alpha value is 0.215. The summed E-state index contributed by atoms with van der Waals surface area (Å²) >= 11 is 3.03. The molecule has 0 unspecified atom stereocenters. The lowest BCUT2D eigenvalue weighted by Crippen LogP contribution is -1.94. The van der Waals surface area contributed by atoms with Gasteiger partial charge in [-0.3, -0.25) is 4.79 Å². The van der Waals surface area contributed by atoms with Gasteiger partial charge in [0.1, 0.15) is 13.6 Å². The molecule has 3 heteroatoms. The highest BCUT2D eigenvalue weighted by atomic mass is 79.9. The molecule has 0 aromatic carbocycles. The van der Waals surface area contributed by atoms with Gasteiger partial charge in [-0.25, -0.2) is 0 Å². The van der Waals surface area contributed by atoms with E-state index in [1.807, 2.05) is 7.85 Å². The largest absolute Gasteiger partial charge is 0.300 e. The maximum atomic E-state index is 10.1. The predicted molar refractivity (Wildman–Crippen MR) is 32.2 cm³/mol. The van der Waals surface area contributed by atoms with Crippen LogP contribution in [0.15, 0.2) is 0 Å². The smallest absolute Gasteiger partial charge is 0.135 e. The van der Waals surface area contributed by atoms with Gasteiger partial charge in [-0.15, -0.1) is 0 Å². The van der Waals surface area contributed by atoms with Gasteiger partial charge in [-0.1, -0.05) is 15.9 Å². The van der Waals surface area contributed by atoms with Crippen molar-refractivity contribution in [2.45, 2.75) is 6.32 Å². The van der Waals surface area contributed by atoms with Crippen molar-refractivity contribution < 1.29 is 4.79 Å². The first kappa shape index (κ1) is 6.21. The van der Waals surface area contributed by atoms with E-state index in [0.29, 0.717) is 11.7 Å². The van der Waals surface area contributed by atoms with Gasteiger partial charge in [0.05, 0.1) is 5.33 Å². The minimum Gasteiger partial charge on any atom is -0.300 e. The molecule has 0 fully saturated rings. The zero-order valence-corrected chi connectivity index (χ0v) is 5.29. The van der Waals surface area contributed by atoms with Crippen molar-refractivity contribution in [3.63, 3.8) is 0 Å². The molecule has 0 spiro atoms. The maximum absolute atomic E-state index is 10.1. The minimum atomic E-state index is 0.259. The summed E-state index contributed by atoms with van der Waals surface area (Å²) in [5.41, 5.74) is 0. The summed E-state index contributed by atoms with van der Waals surface area (Å²) in [5, 5.41) is 0.503. The molecule has 0 aromatic rings. The number of rotatable bonds is 2. The lowest BCUT2D eigenvalue weighted by atomic mass is 10.0. The van der Waals surface area contributed by atoms with E-state index in [9.17, 15) is 4.79 Å². The summed E-state index contributed by atoms with van der Waals surface area (Å²) in [5.74, 6) is 0.259. The zero-order valence-electron chi connectivity index (χ0n) is 3.70. The molecule has 0 saturated carbocycles. The Kier molecular flexibility index (Phi) is 3.53. The maximum Gasteiger partial charge on any atom is 0.135 e. The van der Waals surface area contributed by atoms with Gasteiger partial charge in [0.25, 0.3) is 0 Å². The average molecular weight is 149 g/mol. The summed E-state index contributed by atoms with van der Waals surface area (Å²) in [7, 11) is 1.85. The quantitative estimate of drug-likeness (QED) is 0.398. The Balaban J connectivity index is 2.99. The SMILES string of the molecule is BCC(=O)CBr. The first-order valence-corrected chi connectivity index (χ1v) is 3.01. The Morgan fingerprint density at radius 1 is 1.83 bits per heavy atom. The van der Waals surface area contributed by atoms with Gasteiger partial charge >= 0.3 is 0 Å². The third kappa shape index (κ3) is 2.45. The molecule has 0 heterocycles. The molecule has 0 aliphatic heterocycles. The van der Waals surface area contributed by atoms with Gasteiger partial charge in [-0.05, 0) is 6.32 Å².